The van der Waals surface area contributed by atoms with E-state index in [1.54, 1.807) is 0 Å². The molecule has 2 atom stereocenters. The van der Waals surface area contributed by atoms with Crippen molar-refractivity contribution in [2.45, 2.75) is 57.6 Å². The minimum Gasteiger partial charge on any atom is -0.309 e. The third-order valence-corrected chi connectivity index (χ3v) is 5.87. The van der Waals surface area contributed by atoms with Crippen LogP contribution in [-0.2, 0) is 22.3 Å². The van der Waals surface area contributed by atoms with E-state index in [9.17, 15) is 8.42 Å². The number of nitrogens with one attached hydrogen (secondary N) is 2. The van der Waals surface area contributed by atoms with E-state index in [-0.39, 0.29) is 11.8 Å². The van der Waals surface area contributed by atoms with E-state index in [0.717, 1.165) is 24.1 Å². The summed E-state index contributed by atoms with van der Waals surface area (Å²) in [5.41, 5.74) is 1.93. The average molecular weight is 340 g/mol. The van der Waals surface area contributed by atoms with Crippen LogP contribution in [0.1, 0.15) is 38.3 Å². The number of hydrogen-bond acceptors (Lipinski definition) is 4. The van der Waals surface area contributed by atoms with Crippen LogP contribution in [0.3, 0.4) is 0 Å². The Morgan fingerprint density at radius 2 is 1.91 bits per heavy atom. The second-order valence-electron chi connectivity index (χ2n) is 6.90. The minimum atomic E-state index is -3.30. The Labute approximate surface area is 140 Å². The predicted molar refractivity (Wildman–Crippen MR) is 94.7 cm³/mol. The van der Waals surface area contributed by atoms with Crippen LogP contribution in [0.2, 0.25) is 0 Å². The van der Waals surface area contributed by atoms with Crippen molar-refractivity contribution in [1.29, 1.82) is 0 Å². The van der Waals surface area contributed by atoms with Crippen LogP contribution < -0.4 is 10.0 Å². The highest BCUT2D eigenvalue weighted by molar-refractivity contribution is 7.88. The zero-order valence-corrected chi connectivity index (χ0v) is 15.4. The van der Waals surface area contributed by atoms with Gasteiger partial charge in [0.2, 0.25) is 10.0 Å². The van der Waals surface area contributed by atoms with Crippen LogP contribution in [0.15, 0.2) is 24.3 Å². The normalized spacial score (nSPS) is 22.8. The average Bonchev–Trinajstić information content (AvgIpc) is 2.75. The molecule has 0 aliphatic carbocycles. The molecule has 130 valence electrons. The molecule has 23 heavy (non-hydrogen) atoms. The Morgan fingerprint density at radius 3 is 2.48 bits per heavy atom. The highest BCUT2D eigenvalue weighted by atomic mass is 32.2. The molecule has 2 rings (SSSR count). The van der Waals surface area contributed by atoms with Gasteiger partial charge in [-0.25, -0.2) is 13.1 Å². The lowest BCUT2D eigenvalue weighted by molar-refractivity contribution is 0.326. The molecule has 1 fully saturated rings. The zero-order chi connectivity index (χ0) is 17.0. The topological polar surface area (TPSA) is 61.4 Å². The van der Waals surface area contributed by atoms with Gasteiger partial charge in [-0.05, 0) is 45.4 Å². The van der Waals surface area contributed by atoms with Gasteiger partial charge in [0, 0.05) is 31.2 Å². The van der Waals surface area contributed by atoms with Gasteiger partial charge >= 0.3 is 0 Å². The molecule has 0 spiro atoms. The van der Waals surface area contributed by atoms with E-state index < -0.39 is 10.0 Å². The summed E-state index contributed by atoms with van der Waals surface area (Å²) >= 11 is 0. The Bertz CT molecular complexity index is 606. The van der Waals surface area contributed by atoms with E-state index in [1.807, 2.05) is 38.1 Å². The number of likely N-dealkylation sites (N-methyl/N-ethyl adjacent to an activating group) is 1. The van der Waals surface area contributed by atoms with E-state index in [4.69, 9.17) is 0 Å². The van der Waals surface area contributed by atoms with Crippen molar-refractivity contribution in [3.8, 4) is 0 Å². The lowest BCUT2D eigenvalue weighted by Crippen LogP contribution is -2.33. The Hall–Kier alpha value is -0.950. The molecule has 1 saturated heterocycles. The molecule has 0 saturated carbocycles. The first-order valence-corrected chi connectivity index (χ1v) is 9.92. The van der Waals surface area contributed by atoms with Gasteiger partial charge in [0.15, 0.2) is 0 Å². The summed E-state index contributed by atoms with van der Waals surface area (Å²) in [6, 6.07) is 8.75. The second-order valence-corrected chi connectivity index (χ2v) is 8.66. The first-order valence-electron chi connectivity index (χ1n) is 8.27. The van der Waals surface area contributed by atoms with Crippen LogP contribution in [-0.4, -0.2) is 45.0 Å². The summed E-state index contributed by atoms with van der Waals surface area (Å²) in [6.07, 6.45) is 1.13. The molecule has 0 unspecified atom stereocenters. The quantitative estimate of drug-likeness (QED) is 0.794. The minimum absolute atomic E-state index is 0.0318. The molecular formula is C17H29N3O2S. The molecule has 1 aliphatic heterocycles. The number of sulfonamides is 1. The number of benzene rings is 1. The Morgan fingerprint density at radius 1 is 1.26 bits per heavy atom. The summed E-state index contributed by atoms with van der Waals surface area (Å²) in [5.74, 6) is 0.0318. The van der Waals surface area contributed by atoms with Crippen LogP contribution in [0, 0.1) is 0 Å². The summed E-state index contributed by atoms with van der Waals surface area (Å²) in [4.78, 5) is 2.35. The smallest absolute Gasteiger partial charge is 0.216 e. The van der Waals surface area contributed by atoms with E-state index in [0.29, 0.717) is 18.6 Å². The molecule has 1 aromatic carbocycles. The number of rotatable bonds is 7. The van der Waals surface area contributed by atoms with E-state index in [2.05, 4.69) is 28.9 Å². The molecule has 0 radical (unpaired) electrons. The zero-order valence-electron chi connectivity index (χ0n) is 14.5. The summed E-state index contributed by atoms with van der Waals surface area (Å²) in [7, 11) is -1.15. The summed E-state index contributed by atoms with van der Waals surface area (Å²) in [6.45, 7) is 7.65. The van der Waals surface area contributed by atoms with Crippen LogP contribution >= 0.6 is 0 Å². The highest BCUT2D eigenvalue weighted by Gasteiger charge is 2.25. The van der Waals surface area contributed by atoms with E-state index in [1.165, 1.54) is 0 Å². The fraction of sp³-hybridized carbons (Fsp3) is 0.647. The Kier molecular flexibility index (Phi) is 6.19. The summed E-state index contributed by atoms with van der Waals surface area (Å²) in [5, 5.41) is 3.57. The fourth-order valence-corrected chi connectivity index (χ4v) is 4.56. The van der Waals surface area contributed by atoms with Crippen molar-refractivity contribution in [3.05, 3.63) is 35.4 Å². The van der Waals surface area contributed by atoms with Crippen molar-refractivity contribution in [2.24, 2.45) is 0 Å². The van der Waals surface area contributed by atoms with Crippen molar-refractivity contribution in [3.63, 3.8) is 0 Å². The maximum Gasteiger partial charge on any atom is 0.216 e. The molecule has 6 heteroatoms. The van der Waals surface area contributed by atoms with Gasteiger partial charge < -0.3 is 10.2 Å². The molecule has 0 amide bonds. The predicted octanol–water partition coefficient (Wildman–Crippen LogP) is 1.70. The van der Waals surface area contributed by atoms with Crippen molar-refractivity contribution in [1.82, 2.24) is 14.9 Å². The molecule has 1 heterocycles. The molecular weight excluding hydrogens is 310 g/mol. The molecule has 0 bridgehead atoms. The van der Waals surface area contributed by atoms with Gasteiger partial charge in [0.05, 0.1) is 5.75 Å². The maximum atomic E-state index is 12.2. The van der Waals surface area contributed by atoms with Gasteiger partial charge in [-0.15, -0.1) is 0 Å². The number of hydrogen-bond donors (Lipinski definition) is 2. The third-order valence-electron chi connectivity index (χ3n) is 4.35. The monoisotopic (exact) mass is 339 g/mol. The second kappa shape index (κ2) is 7.75. The fourth-order valence-electron chi connectivity index (χ4n) is 3.07. The van der Waals surface area contributed by atoms with Crippen molar-refractivity contribution < 1.29 is 8.42 Å². The Balaban J connectivity index is 2.00. The van der Waals surface area contributed by atoms with Gasteiger partial charge in [-0.1, -0.05) is 24.3 Å². The van der Waals surface area contributed by atoms with Crippen molar-refractivity contribution in [2.75, 3.05) is 13.6 Å². The van der Waals surface area contributed by atoms with E-state index >= 15 is 0 Å². The van der Waals surface area contributed by atoms with Gasteiger partial charge in [0.25, 0.3) is 0 Å². The van der Waals surface area contributed by atoms with Gasteiger partial charge in [-0.3, -0.25) is 0 Å². The number of nitrogens with zero attached hydrogens (tertiary/aromatic N) is 1. The first-order chi connectivity index (χ1) is 10.8. The highest BCUT2D eigenvalue weighted by Crippen LogP contribution is 2.17. The first kappa shape index (κ1) is 18.4. The number of likely N-dealkylation sites (tertiary alicyclic amines) is 1. The van der Waals surface area contributed by atoms with Crippen LogP contribution in [0.5, 0.6) is 0 Å². The molecule has 1 aromatic rings. The molecule has 2 N–H and O–H groups in total. The van der Waals surface area contributed by atoms with Crippen LogP contribution in [0.25, 0.3) is 0 Å². The lowest BCUT2D eigenvalue weighted by Gasteiger charge is -2.16. The third kappa shape index (κ3) is 5.57. The summed E-state index contributed by atoms with van der Waals surface area (Å²) < 4.78 is 27.0. The molecule has 0 aromatic heterocycles. The van der Waals surface area contributed by atoms with Gasteiger partial charge in [-0.2, -0.15) is 0 Å². The van der Waals surface area contributed by atoms with Crippen LogP contribution in [0.4, 0.5) is 0 Å². The largest absolute Gasteiger partial charge is 0.309 e. The maximum absolute atomic E-state index is 12.2. The lowest BCUT2D eigenvalue weighted by atomic mass is 10.1. The SMILES string of the molecule is CC(C)NS(=O)(=O)Cc1ccccc1CN[C@H]1C[C@@H](C)N(C)C1. The van der Waals surface area contributed by atoms with Crippen molar-refractivity contribution >= 4 is 10.0 Å². The van der Waals surface area contributed by atoms with Gasteiger partial charge in [0.1, 0.15) is 0 Å². The standard InChI is InChI=1S/C17H29N3O2S/c1-13(2)19-23(21,22)12-16-8-6-5-7-15(16)10-18-17-9-14(3)20(4)11-17/h5-8,13-14,17-19H,9-12H2,1-4H3/t14-,17+/m1/s1. The molecule has 1 aliphatic rings. The molecule has 5 nitrogen and oxygen atoms in total.